The molecule has 1 N–H and O–H groups in total. The summed E-state index contributed by atoms with van der Waals surface area (Å²) < 4.78 is 15.0. The number of fused-ring (bicyclic) bond motifs is 1. The number of carbonyl (C=O) groups is 3. The van der Waals surface area contributed by atoms with E-state index in [9.17, 15) is 19.5 Å². The summed E-state index contributed by atoms with van der Waals surface area (Å²) in [7, 11) is 0. The standard InChI is InChI=1S/C15H15NO7S/c1-2-5-21-15(20)23-13-10(6-8-3-4-11(18)22-8)24-14-9(7-17)12(19)16(13)14/h2-4,8-9,14,17H,1,5-7H2/t8-,9+,14-/m1/s1. The van der Waals surface area contributed by atoms with E-state index in [0.29, 0.717) is 4.91 Å². The molecule has 128 valence electrons. The van der Waals surface area contributed by atoms with Gasteiger partial charge in [-0.05, 0) is 6.08 Å². The van der Waals surface area contributed by atoms with Crippen molar-refractivity contribution in [1.29, 1.82) is 0 Å². The van der Waals surface area contributed by atoms with Crippen molar-refractivity contribution in [1.82, 2.24) is 4.90 Å². The van der Waals surface area contributed by atoms with Crippen LogP contribution in [-0.4, -0.2) is 52.7 Å². The molecule has 0 bridgehead atoms. The lowest BCUT2D eigenvalue weighted by atomic mass is 10.00. The van der Waals surface area contributed by atoms with Crippen LogP contribution in [0.4, 0.5) is 4.79 Å². The number of rotatable bonds is 6. The molecule has 0 saturated carbocycles. The molecule has 0 spiro atoms. The molecule has 0 aliphatic carbocycles. The molecule has 1 fully saturated rings. The number of thioether (sulfide) groups is 1. The van der Waals surface area contributed by atoms with Crippen molar-refractivity contribution in [3.05, 3.63) is 35.6 Å². The van der Waals surface area contributed by atoms with Crippen molar-refractivity contribution < 1.29 is 33.7 Å². The van der Waals surface area contributed by atoms with E-state index < -0.39 is 24.1 Å². The number of hydrogen-bond acceptors (Lipinski definition) is 8. The number of carbonyl (C=O) groups excluding carboxylic acids is 3. The Balaban J connectivity index is 1.76. The maximum Gasteiger partial charge on any atom is 0.515 e. The Kier molecular flexibility index (Phi) is 4.63. The average Bonchev–Trinajstić information content (AvgIpc) is 3.08. The van der Waals surface area contributed by atoms with Crippen LogP contribution in [0, 0.1) is 5.92 Å². The third kappa shape index (κ3) is 2.92. The quantitative estimate of drug-likeness (QED) is 0.427. The average molecular weight is 353 g/mol. The highest BCUT2D eigenvalue weighted by molar-refractivity contribution is 8.04. The molecule has 24 heavy (non-hydrogen) atoms. The SMILES string of the molecule is C=CCOC(=O)OC1=C(C[C@H]2C=CC(=O)O2)S[C@@H]2[C@@H](CO)C(=O)N12. The number of nitrogens with zero attached hydrogens (tertiary/aromatic N) is 1. The molecule has 8 nitrogen and oxygen atoms in total. The fraction of sp³-hybridized carbons (Fsp3) is 0.400. The van der Waals surface area contributed by atoms with E-state index in [4.69, 9.17) is 14.2 Å². The van der Waals surface area contributed by atoms with Gasteiger partial charge in [0.15, 0.2) is 0 Å². The summed E-state index contributed by atoms with van der Waals surface area (Å²) in [6, 6.07) is 0. The van der Waals surface area contributed by atoms with Gasteiger partial charge in [0.25, 0.3) is 0 Å². The monoisotopic (exact) mass is 353 g/mol. The van der Waals surface area contributed by atoms with E-state index >= 15 is 0 Å². The number of amides is 1. The summed E-state index contributed by atoms with van der Waals surface area (Å²) >= 11 is 1.31. The zero-order valence-electron chi connectivity index (χ0n) is 12.5. The minimum absolute atomic E-state index is 0.0196. The van der Waals surface area contributed by atoms with Crippen molar-refractivity contribution in [3.63, 3.8) is 0 Å². The molecule has 1 saturated heterocycles. The van der Waals surface area contributed by atoms with E-state index in [-0.39, 0.29) is 36.8 Å². The smallest absolute Gasteiger partial charge is 0.455 e. The lowest BCUT2D eigenvalue weighted by Crippen LogP contribution is -2.58. The molecule has 0 unspecified atom stereocenters. The van der Waals surface area contributed by atoms with Gasteiger partial charge in [0.2, 0.25) is 11.8 Å². The van der Waals surface area contributed by atoms with Gasteiger partial charge in [0.1, 0.15) is 18.1 Å². The molecule has 3 atom stereocenters. The van der Waals surface area contributed by atoms with Crippen molar-refractivity contribution in [3.8, 4) is 0 Å². The fourth-order valence-electron chi connectivity index (χ4n) is 2.56. The number of esters is 1. The topological polar surface area (TPSA) is 102 Å². The fourth-order valence-corrected chi connectivity index (χ4v) is 4.02. The largest absolute Gasteiger partial charge is 0.515 e. The second-order valence-electron chi connectivity index (χ2n) is 5.22. The van der Waals surface area contributed by atoms with Crippen LogP contribution in [0.25, 0.3) is 0 Å². The zero-order valence-corrected chi connectivity index (χ0v) is 13.4. The lowest BCUT2D eigenvalue weighted by Gasteiger charge is -2.40. The van der Waals surface area contributed by atoms with E-state index in [0.717, 1.165) is 0 Å². The molecule has 3 heterocycles. The van der Waals surface area contributed by atoms with Crippen LogP contribution in [0.1, 0.15) is 6.42 Å². The second-order valence-corrected chi connectivity index (χ2v) is 6.44. The molecule has 3 aliphatic heterocycles. The summed E-state index contributed by atoms with van der Waals surface area (Å²) in [6.45, 7) is 3.12. The van der Waals surface area contributed by atoms with E-state index in [1.807, 2.05) is 0 Å². The Bertz CT molecular complexity index is 656. The first-order valence-corrected chi connectivity index (χ1v) is 8.11. The predicted molar refractivity (Wildman–Crippen MR) is 82.1 cm³/mol. The Morgan fingerprint density at radius 3 is 2.92 bits per heavy atom. The van der Waals surface area contributed by atoms with Crippen LogP contribution in [0.2, 0.25) is 0 Å². The van der Waals surface area contributed by atoms with Crippen LogP contribution in [0.3, 0.4) is 0 Å². The lowest BCUT2D eigenvalue weighted by molar-refractivity contribution is -0.152. The van der Waals surface area contributed by atoms with Gasteiger partial charge < -0.3 is 19.3 Å². The molecule has 0 aromatic carbocycles. The molecular formula is C15H15NO7S. The van der Waals surface area contributed by atoms with Gasteiger partial charge in [-0.3, -0.25) is 9.69 Å². The number of ether oxygens (including phenoxy) is 3. The van der Waals surface area contributed by atoms with E-state index in [2.05, 4.69) is 6.58 Å². The summed E-state index contributed by atoms with van der Waals surface area (Å²) in [6.07, 6.45) is 3.15. The van der Waals surface area contributed by atoms with Crippen LogP contribution >= 0.6 is 11.8 Å². The van der Waals surface area contributed by atoms with Crippen molar-refractivity contribution in [2.24, 2.45) is 5.92 Å². The molecule has 1 amide bonds. The molecule has 3 aliphatic rings. The third-order valence-corrected chi connectivity index (χ3v) is 5.08. The number of aliphatic hydroxyl groups is 1. The summed E-state index contributed by atoms with van der Waals surface area (Å²) in [5.74, 6) is -1.23. The first-order chi connectivity index (χ1) is 11.5. The van der Waals surface area contributed by atoms with Crippen LogP contribution in [0.5, 0.6) is 0 Å². The third-order valence-electron chi connectivity index (χ3n) is 3.67. The minimum atomic E-state index is -0.956. The van der Waals surface area contributed by atoms with E-state index in [1.54, 1.807) is 6.08 Å². The van der Waals surface area contributed by atoms with Crippen LogP contribution < -0.4 is 0 Å². The summed E-state index contributed by atoms with van der Waals surface area (Å²) in [4.78, 5) is 36.8. The first-order valence-electron chi connectivity index (χ1n) is 7.23. The molecular weight excluding hydrogens is 338 g/mol. The molecule has 0 radical (unpaired) electrons. The summed E-state index contributed by atoms with van der Waals surface area (Å²) in [5, 5.41) is 8.96. The number of aliphatic hydroxyl groups excluding tert-OH is 1. The Hall–Kier alpha value is -2.26. The molecule has 0 aromatic rings. The maximum atomic E-state index is 12.1. The maximum absolute atomic E-state index is 12.1. The van der Waals surface area contributed by atoms with Gasteiger partial charge in [0, 0.05) is 12.5 Å². The van der Waals surface area contributed by atoms with Crippen molar-refractivity contribution in [2.45, 2.75) is 17.9 Å². The molecule has 9 heteroatoms. The highest BCUT2D eigenvalue weighted by Gasteiger charge is 2.55. The van der Waals surface area contributed by atoms with Gasteiger partial charge in [-0.15, -0.1) is 0 Å². The molecule has 3 rings (SSSR count). The van der Waals surface area contributed by atoms with Gasteiger partial charge in [-0.2, -0.15) is 0 Å². The van der Waals surface area contributed by atoms with Crippen molar-refractivity contribution >= 4 is 29.8 Å². The number of β-lactam (4-membered cyclic amide) rings is 1. The van der Waals surface area contributed by atoms with Gasteiger partial charge in [0.05, 0.1) is 17.4 Å². The van der Waals surface area contributed by atoms with Gasteiger partial charge in [-0.1, -0.05) is 24.4 Å². The van der Waals surface area contributed by atoms with Crippen LogP contribution in [0.15, 0.2) is 35.6 Å². The van der Waals surface area contributed by atoms with Gasteiger partial charge in [-0.25, -0.2) is 9.59 Å². The Morgan fingerprint density at radius 1 is 1.50 bits per heavy atom. The highest BCUT2D eigenvalue weighted by Crippen LogP contribution is 2.51. The van der Waals surface area contributed by atoms with Crippen molar-refractivity contribution in [2.75, 3.05) is 13.2 Å². The highest BCUT2D eigenvalue weighted by atomic mass is 32.2. The number of hydrogen-bond donors (Lipinski definition) is 1. The second kappa shape index (κ2) is 6.70. The summed E-state index contributed by atoms with van der Waals surface area (Å²) in [5.41, 5.74) is 0. The Morgan fingerprint density at radius 2 is 2.29 bits per heavy atom. The Labute approximate surface area is 141 Å². The predicted octanol–water partition coefficient (Wildman–Crippen LogP) is 0.890. The first kappa shape index (κ1) is 16.6. The zero-order chi connectivity index (χ0) is 17.3. The number of cyclic esters (lactones) is 1. The minimum Gasteiger partial charge on any atom is -0.455 e. The van der Waals surface area contributed by atoms with Crippen LogP contribution in [-0.2, 0) is 23.8 Å². The van der Waals surface area contributed by atoms with E-state index in [1.165, 1.54) is 28.8 Å². The normalized spacial score (nSPS) is 27.7. The van der Waals surface area contributed by atoms with Gasteiger partial charge >= 0.3 is 12.1 Å². The molecule has 0 aromatic heterocycles.